The summed E-state index contributed by atoms with van der Waals surface area (Å²) in [6, 6.07) is 0. The Bertz CT molecular complexity index is 350. The Kier molecular flexibility index (Phi) is 4.27. The van der Waals surface area contributed by atoms with Crippen LogP contribution in [-0.2, 0) is 6.54 Å². The first-order valence-electron chi connectivity index (χ1n) is 5.84. The second-order valence-electron chi connectivity index (χ2n) is 4.30. The third kappa shape index (κ3) is 3.12. The van der Waals surface area contributed by atoms with Crippen LogP contribution in [-0.4, -0.2) is 56.5 Å². The quantitative estimate of drug-likeness (QED) is 0.684. The van der Waals surface area contributed by atoms with Crippen molar-refractivity contribution in [3.63, 3.8) is 0 Å². The van der Waals surface area contributed by atoms with E-state index in [1.807, 2.05) is 4.90 Å². The molecule has 17 heavy (non-hydrogen) atoms. The first kappa shape index (κ1) is 12.7. The van der Waals surface area contributed by atoms with E-state index in [0.717, 1.165) is 23.7 Å². The Balaban J connectivity index is 1.92. The molecule has 1 aromatic rings. The van der Waals surface area contributed by atoms with Crippen LogP contribution in [0.25, 0.3) is 0 Å². The fraction of sp³-hybridized carbons (Fsp3) is 0.800. The van der Waals surface area contributed by atoms with Gasteiger partial charge < -0.3 is 15.5 Å². The van der Waals surface area contributed by atoms with Crippen LogP contribution in [0.1, 0.15) is 19.0 Å². The summed E-state index contributed by atoms with van der Waals surface area (Å²) in [4.78, 5) is 1.99. The lowest BCUT2D eigenvalue weighted by Gasteiger charge is -2.13. The summed E-state index contributed by atoms with van der Waals surface area (Å²) in [7, 11) is 0. The summed E-state index contributed by atoms with van der Waals surface area (Å²) >= 11 is 1.35. The van der Waals surface area contributed by atoms with E-state index < -0.39 is 12.2 Å². The molecule has 0 aromatic carbocycles. The molecule has 0 bridgehead atoms. The number of aromatic nitrogens is 2. The molecular weight excluding hydrogens is 240 g/mol. The van der Waals surface area contributed by atoms with Gasteiger partial charge in [0, 0.05) is 37.7 Å². The Morgan fingerprint density at radius 1 is 1.41 bits per heavy atom. The van der Waals surface area contributed by atoms with E-state index in [9.17, 15) is 10.2 Å². The van der Waals surface area contributed by atoms with Crippen LogP contribution in [0.15, 0.2) is 0 Å². The Labute approximate surface area is 104 Å². The molecule has 6 nitrogen and oxygen atoms in total. The number of nitrogens with zero attached hydrogens (tertiary/aromatic N) is 3. The van der Waals surface area contributed by atoms with E-state index in [1.54, 1.807) is 0 Å². The second kappa shape index (κ2) is 5.72. The van der Waals surface area contributed by atoms with Crippen molar-refractivity contribution in [1.82, 2.24) is 14.5 Å². The molecule has 0 saturated carbocycles. The molecule has 1 saturated heterocycles. The van der Waals surface area contributed by atoms with Gasteiger partial charge >= 0.3 is 0 Å². The van der Waals surface area contributed by atoms with Gasteiger partial charge in [0.15, 0.2) is 0 Å². The summed E-state index contributed by atoms with van der Waals surface area (Å²) in [6.45, 7) is 4.62. The minimum Gasteiger partial charge on any atom is -0.389 e. The molecule has 0 amide bonds. The van der Waals surface area contributed by atoms with E-state index in [1.165, 1.54) is 11.5 Å². The van der Waals surface area contributed by atoms with Crippen LogP contribution in [0, 0.1) is 0 Å². The molecule has 7 heteroatoms. The lowest BCUT2D eigenvalue weighted by atomic mass is 10.3. The van der Waals surface area contributed by atoms with Crippen LogP contribution < -0.4 is 5.32 Å². The molecule has 2 rings (SSSR count). The number of aliphatic hydroxyl groups is 2. The maximum Gasteiger partial charge on any atom is 0.134 e. The molecule has 2 unspecified atom stereocenters. The molecule has 0 radical (unpaired) electrons. The number of hydrogen-bond donors (Lipinski definition) is 3. The summed E-state index contributed by atoms with van der Waals surface area (Å²) in [5.41, 5.74) is 0.893. The summed E-state index contributed by atoms with van der Waals surface area (Å²) in [5.74, 6) is 0. The predicted molar refractivity (Wildman–Crippen MR) is 66.0 cm³/mol. The van der Waals surface area contributed by atoms with E-state index in [-0.39, 0.29) is 0 Å². The number of rotatable bonds is 5. The maximum absolute atomic E-state index is 9.47. The third-order valence-electron chi connectivity index (χ3n) is 2.80. The standard InChI is InChI=1S/C10H18N4O2S/c1-2-3-11-10-7(12-13-17-10)4-14-5-8(15)9(16)6-14/h8-9,11,15-16H,2-6H2,1H3. The van der Waals surface area contributed by atoms with E-state index >= 15 is 0 Å². The molecular formula is C10H18N4O2S. The van der Waals surface area contributed by atoms with Crippen molar-refractivity contribution in [3.8, 4) is 0 Å². The van der Waals surface area contributed by atoms with Crippen LogP contribution in [0.4, 0.5) is 5.00 Å². The minimum absolute atomic E-state index is 0.492. The van der Waals surface area contributed by atoms with Gasteiger partial charge in [0.25, 0.3) is 0 Å². The second-order valence-corrected chi connectivity index (χ2v) is 5.06. The number of nitrogens with one attached hydrogen (secondary N) is 1. The molecule has 1 aliphatic heterocycles. The van der Waals surface area contributed by atoms with Gasteiger partial charge in [-0.15, -0.1) is 5.10 Å². The van der Waals surface area contributed by atoms with Crippen molar-refractivity contribution >= 4 is 16.5 Å². The van der Waals surface area contributed by atoms with Gasteiger partial charge in [-0.25, -0.2) is 0 Å². The lowest BCUT2D eigenvalue weighted by molar-refractivity contribution is 0.0572. The topological polar surface area (TPSA) is 81.5 Å². The fourth-order valence-corrected chi connectivity index (χ4v) is 2.47. The van der Waals surface area contributed by atoms with Gasteiger partial charge in [-0.3, -0.25) is 4.90 Å². The van der Waals surface area contributed by atoms with Crippen molar-refractivity contribution in [2.75, 3.05) is 25.0 Å². The SMILES string of the molecule is CCCNc1snnc1CN1CC(O)C(O)C1. The van der Waals surface area contributed by atoms with Gasteiger partial charge in [0.1, 0.15) is 10.7 Å². The Morgan fingerprint density at radius 2 is 2.12 bits per heavy atom. The van der Waals surface area contributed by atoms with Gasteiger partial charge in [-0.1, -0.05) is 11.4 Å². The first-order valence-corrected chi connectivity index (χ1v) is 6.61. The highest BCUT2D eigenvalue weighted by Crippen LogP contribution is 2.21. The number of hydrogen-bond acceptors (Lipinski definition) is 7. The highest BCUT2D eigenvalue weighted by Gasteiger charge is 2.30. The van der Waals surface area contributed by atoms with Gasteiger partial charge in [0.2, 0.25) is 0 Å². The highest BCUT2D eigenvalue weighted by molar-refractivity contribution is 7.10. The number of aliphatic hydroxyl groups excluding tert-OH is 2. The van der Waals surface area contributed by atoms with Crippen molar-refractivity contribution in [1.29, 1.82) is 0 Å². The zero-order valence-corrected chi connectivity index (χ0v) is 10.7. The maximum atomic E-state index is 9.47. The number of anilines is 1. The zero-order valence-electron chi connectivity index (χ0n) is 9.83. The molecule has 2 heterocycles. The zero-order chi connectivity index (χ0) is 12.3. The Morgan fingerprint density at radius 3 is 2.76 bits per heavy atom. The van der Waals surface area contributed by atoms with Crippen molar-refractivity contribution in [2.24, 2.45) is 0 Å². The molecule has 96 valence electrons. The van der Waals surface area contributed by atoms with Gasteiger partial charge in [-0.2, -0.15) is 0 Å². The average molecular weight is 258 g/mol. The number of β-amino-alcohol motifs (C(OH)–C–C–N with tert-alkyl or cyclic N) is 2. The monoisotopic (exact) mass is 258 g/mol. The normalized spacial score (nSPS) is 25.4. The average Bonchev–Trinajstić information content (AvgIpc) is 2.85. The molecule has 1 aliphatic rings. The molecule has 1 aromatic heterocycles. The van der Waals surface area contributed by atoms with Crippen LogP contribution in [0.5, 0.6) is 0 Å². The van der Waals surface area contributed by atoms with Crippen molar-refractivity contribution < 1.29 is 10.2 Å². The predicted octanol–water partition coefficient (Wildman–Crippen LogP) is -0.103. The van der Waals surface area contributed by atoms with E-state index in [4.69, 9.17) is 0 Å². The molecule has 0 aliphatic carbocycles. The van der Waals surface area contributed by atoms with E-state index in [2.05, 4.69) is 21.8 Å². The minimum atomic E-state index is -0.645. The van der Waals surface area contributed by atoms with Crippen molar-refractivity contribution in [2.45, 2.75) is 32.1 Å². The van der Waals surface area contributed by atoms with Crippen LogP contribution in [0.3, 0.4) is 0 Å². The molecule has 0 spiro atoms. The van der Waals surface area contributed by atoms with Gasteiger partial charge in [-0.05, 0) is 6.42 Å². The van der Waals surface area contributed by atoms with E-state index in [0.29, 0.717) is 19.6 Å². The third-order valence-corrected chi connectivity index (χ3v) is 3.53. The number of likely N-dealkylation sites (tertiary alicyclic amines) is 1. The van der Waals surface area contributed by atoms with Gasteiger partial charge in [0.05, 0.1) is 12.2 Å². The van der Waals surface area contributed by atoms with Crippen molar-refractivity contribution in [3.05, 3.63) is 5.69 Å². The van der Waals surface area contributed by atoms with Crippen LogP contribution in [0.2, 0.25) is 0 Å². The summed E-state index contributed by atoms with van der Waals surface area (Å²) < 4.78 is 3.93. The lowest BCUT2D eigenvalue weighted by Crippen LogP contribution is -2.22. The molecule has 3 N–H and O–H groups in total. The molecule has 1 fully saturated rings. The highest BCUT2D eigenvalue weighted by atomic mass is 32.1. The molecule has 2 atom stereocenters. The first-order chi connectivity index (χ1) is 8.20. The summed E-state index contributed by atoms with van der Waals surface area (Å²) in [6.07, 6.45) is -0.235. The smallest absolute Gasteiger partial charge is 0.134 e. The van der Waals surface area contributed by atoms with Crippen LogP contribution >= 0.6 is 11.5 Å². The Hall–Kier alpha value is -0.760. The largest absolute Gasteiger partial charge is 0.389 e. The summed E-state index contributed by atoms with van der Waals surface area (Å²) in [5, 5.41) is 27.3. The fourth-order valence-electron chi connectivity index (χ4n) is 1.87.